The van der Waals surface area contributed by atoms with Crippen molar-refractivity contribution in [2.45, 2.75) is 23.3 Å². The minimum absolute atomic E-state index is 0.336. The van der Waals surface area contributed by atoms with Crippen LogP contribution in [0.1, 0.15) is 16.7 Å². The van der Waals surface area contributed by atoms with Crippen LogP contribution in [0.25, 0.3) is 0 Å². The van der Waals surface area contributed by atoms with Crippen molar-refractivity contribution in [2.75, 3.05) is 0 Å². The van der Waals surface area contributed by atoms with Crippen LogP contribution >= 0.6 is 31.4 Å². The van der Waals surface area contributed by atoms with Gasteiger partial charge in [-0.2, -0.15) is 0 Å². The minimum atomic E-state index is -3.47. The predicted octanol–water partition coefficient (Wildman–Crippen LogP) is 4.08. The first-order chi connectivity index (χ1) is 9.57. The van der Waals surface area contributed by atoms with Crippen molar-refractivity contribution < 1.29 is 8.42 Å². The zero-order valence-electron chi connectivity index (χ0n) is 10.8. The monoisotopic (exact) mass is 343 g/mol. The van der Waals surface area contributed by atoms with Gasteiger partial charge in [-0.25, -0.2) is 12.4 Å². The number of aryl methyl sites for hydroxylation is 1. The van der Waals surface area contributed by atoms with E-state index < -0.39 is 10.0 Å². The molecule has 20 heavy (non-hydrogen) atoms. The molecule has 1 aliphatic heterocycles. The van der Waals surface area contributed by atoms with Gasteiger partial charge in [0.25, 0.3) is 10.0 Å². The van der Waals surface area contributed by atoms with Gasteiger partial charge in [0.2, 0.25) is 0 Å². The third-order valence-electron chi connectivity index (χ3n) is 3.10. The second-order valence-corrected chi connectivity index (χ2v) is 10.6. The molecule has 3 rings (SSSR count). The Hall–Kier alpha value is -0.500. The molecular weight excluding hydrogens is 330 g/mol. The minimum Gasteiger partial charge on any atom is -0.248 e. The van der Waals surface area contributed by atoms with Crippen LogP contribution in [-0.4, -0.2) is 12.4 Å². The summed E-state index contributed by atoms with van der Waals surface area (Å²) in [7, 11) is 1.80. The van der Waals surface area contributed by atoms with Crippen molar-refractivity contribution >= 4 is 41.4 Å². The zero-order chi connectivity index (χ0) is 14.2. The summed E-state index contributed by atoms with van der Waals surface area (Å²) in [5.41, 5.74) is 3.28. The van der Waals surface area contributed by atoms with E-state index in [0.29, 0.717) is 4.90 Å². The molecule has 0 aliphatic carbocycles. The van der Waals surface area contributed by atoms with Gasteiger partial charge >= 0.3 is 0 Å². The molecule has 0 saturated heterocycles. The van der Waals surface area contributed by atoms with Gasteiger partial charge in [-0.1, -0.05) is 39.3 Å². The average Bonchev–Trinajstić information content (AvgIpc) is 2.72. The standard InChI is InChI=1S/C13H13NO2S4/c1-10-2-4-13(5-3-10)20(15,16)14-6-11-8-17-19-18-9-12(11)7-14/h2-7H,8-9H2,1H3. The molecule has 0 bridgehead atoms. The predicted molar refractivity (Wildman–Crippen MR) is 88.4 cm³/mol. The van der Waals surface area contributed by atoms with Crippen molar-refractivity contribution in [1.82, 2.24) is 3.97 Å². The molecule has 0 amide bonds. The summed E-state index contributed by atoms with van der Waals surface area (Å²) in [5, 5.41) is 0. The van der Waals surface area contributed by atoms with Gasteiger partial charge in [0, 0.05) is 23.9 Å². The third kappa shape index (κ3) is 2.77. The van der Waals surface area contributed by atoms with Gasteiger partial charge in [0.15, 0.2) is 0 Å². The Labute approximate surface area is 130 Å². The van der Waals surface area contributed by atoms with Crippen molar-refractivity contribution in [2.24, 2.45) is 0 Å². The lowest BCUT2D eigenvalue weighted by Crippen LogP contribution is -2.10. The van der Waals surface area contributed by atoms with Crippen molar-refractivity contribution in [3.05, 3.63) is 53.3 Å². The summed E-state index contributed by atoms with van der Waals surface area (Å²) in [5.74, 6) is 1.70. The van der Waals surface area contributed by atoms with Crippen LogP contribution in [0.5, 0.6) is 0 Å². The molecule has 0 atom stereocenters. The molecule has 0 radical (unpaired) electrons. The molecule has 1 aliphatic rings. The average molecular weight is 344 g/mol. The Morgan fingerprint density at radius 3 is 2.10 bits per heavy atom. The number of hydrogen-bond donors (Lipinski definition) is 0. The van der Waals surface area contributed by atoms with E-state index in [0.717, 1.165) is 28.2 Å². The molecule has 2 heterocycles. The maximum Gasteiger partial charge on any atom is 0.267 e. The molecular formula is C13H13NO2S4. The summed E-state index contributed by atoms with van der Waals surface area (Å²) in [6.45, 7) is 1.94. The topological polar surface area (TPSA) is 39.1 Å². The lowest BCUT2D eigenvalue weighted by molar-refractivity contribution is 0.587. The number of rotatable bonds is 2. The highest BCUT2D eigenvalue weighted by molar-refractivity contribution is 9.09. The van der Waals surface area contributed by atoms with Crippen molar-refractivity contribution in [3.63, 3.8) is 0 Å². The molecule has 0 spiro atoms. The van der Waals surface area contributed by atoms with Gasteiger partial charge in [-0.15, -0.1) is 0 Å². The molecule has 3 nitrogen and oxygen atoms in total. The highest BCUT2D eigenvalue weighted by Gasteiger charge is 2.20. The Morgan fingerprint density at radius 1 is 1.00 bits per heavy atom. The van der Waals surface area contributed by atoms with Crippen LogP contribution < -0.4 is 0 Å². The Bertz CT molecular complexity index is 696. The first-order valence-electron chi connectivity index (χ1n) is 6.00. The van der Waals surface area contributed by atoms with E-state index in [2.05, 4.69) is 0 Å². The van der Waals surface area contributed by atoms with Crippen LogP contribution in [0.4, 0.5) is 0 Å². The normalized spacial score (nSPS) is 15.7. The fraction of sp³-hybridized carbons (Fsp3) is 0.231. The fourth-order valence-electron chi connectivity index (χ4n) is 1.95. The number of hydrogen-bond acceptors (Lipinski definition) is 5. The molecule has 0 saturated carbocycles. The Morgan fingerprint density at radius 2 is 1.55 bits per heavy atom. The number of aromatic nitrogens is 1. The lowest BCUT2D eigenvalue weighted by Gasteiger charge is -2.06. The summed E-state index contributed by atoms with van der Waals surface area (Å²) in [4.78, 5) is 0.336. The molecule has 1 aromatic carbocycles. The highest BCUT2D eigenvalue weighted by atomic mass is 33.5. The van der Waals surface area contributed by atoms with Gasteiger partial charge in [-0.05, 0) is 40.0 Å². The van der Waals surface area contributed by atoms with Gasteiger partial charge in [0.1, 0.15) is 0 Å². The zero-order valence-corrected chi connectivity index (χ0v) is 14.0. The van der Waals surface area contributed by atoms with E-state index in [-0.39, 0.29) is 0 Å². The van der Waals surface area contributed by atoms with E-state index in [1.54, 1.807) is 55.9 Å². The van der Waals surface area contributed by atoms with Crippen molar-refractivity contribution in [1.29, 1.82) is 0 Å². The molecule has 0 unspecified atom stereocenters. The van der Waals surface area contributed by atoms with Gasteiger partial charge < -0.3 is 0 Å². The van der Waals surface area contributed by atoms with Gasteiger partial charge in [-0.3, -0.25) is 0 Å². The van der Waals surface area contributed by atoms with Crippen LogP contribution in [0, 0.1) is 6.92 Å². The van der Waals surface area contributed by atoms with E-state index in [4.69, 9.17) is 0 Å². The number of benzene rings is 1. The Kier molecular flexibility index (Phi) is 4.12. The fourth-order valence-corrected chi connectivity index (χ4v) is 6.88. The largest absolute Gasteiger partial charge is 0.267 e. The summed E-state index contributed by atoms with van der Waals surface area (Å²) < 4.78 is 26.5. The highest BCUT2D eigenvalue weighted by Crippen LogP contribution is 2.43. The molecule has 0 fully saturated rings. The molecule has 106 valence electrons. The van der Waals surface area contributed by atoms with E-state index >= 15 is 0 Å². The van der Waals surface area contributed by atoms with Crippen LogP contribution in [-0.2, 0) is 21.5 Å². The smallest absolute Gasteiger partial charge is 0.248 e. The lowest BCUT2D eigenvalue weighted by atomic mass is 10.2. The number of nitrogens with zero attached hydrogens (tertiary/aromatic N) is 1. The van der Waals surface area contributed by atoms with Crippen LogP contribution in [0.3, 0.4) is 0 Å². The van der Waals surface area contributed by atoms with Crippen LogP contribution in [0.2, 0.25) is 0 Å². The van der Waals surface area contributed by atoms with Gasteiger partial charge in [0.05, 0.1) is 4.90 Å². The van der Waals surface area contributed by atoms with Crippen molar-refractivity contribution in [3.8, 4) is 0 Å². The first-order valence-corrected chi connectivity index (χ1v) is 11.3. The quantitative estimate of drug-likeness (QED) is 0.768. The molecule has 2 aromatic rings. The third-order valence-corrected chi connectivity index (χ3v) is 8.80. The number of fused-ring (bicyclic) bond motifs is 1. The summed E-state index contributed by atoms with van der Waals surface area (Å²) in [6.07, 6.45) is 3.51. The maximum atomic E-state index is 12.6. The molecule has 1 aromatic heterocycles. The van der Waals surface area contributed by atoms with Crippen LogP contribution in [0.15, 0.2) is 41.6 Å². The SMILES string of the molecule is Cc1ccc(S(=O)(=O)n2cc3c(c2)CSSSC3)cc1. The van der Waals surface area contributed by atoms with E-state index in [1.165, 1.54) is 3.97 Å². The van der Waals surface area contributed by atoms with E-state index in [9.17, 15) is 8.42 Å². The first kappa shape index (κ1) is 14.4. The second-order valence-electron chi connectivity index (χ2n) is 4.55. The maximum absolute atomic E-state index is 12.6. The molecule has 0 N–H and O–H groups in total. The molecule has 7 heteroatoms. The Balaban J connectivity index is 2.01. The second kappa shape index (κ2) is 5.71. The summed E-state index contributed by atoms with van der Waals surface area (Å²) in [6, 6.07) is 6.97. The summed E-state index contributed by atoms with van der Waals surface area (Å²) >= 11 is 0. The van der Waals surface area contributed by atoms with E-state index in [1.807, 2.05) is 19.1 Å².